The summed E-state index contributed by atoms with van der Waals surface area (Å²) in [5.41, 5.74) is 3.72. The van der Waals surface area contributed by atoms with E-state index in [1.807, 2.05) is 13.1 Å². The molecule has 1 aliphatic rings. The highest BCUT2D eigenvalue weighted by Crippen LogP contribution is 2.22. The molecule has 16 heavy (non-hydrogen) atoms. The Hall–Kier alpha value is -1.15. The minimum Gasteiger partial charge on any atom is -0.319 e. The number of hydrogen-bond donors (Lipinski definition) is 1. The molecule has 2 heteroatoms. The van der Waals surface area contributed by atoms with Crippen molar-refractivity contribution in [1.29, 1.82) is 0 Å². The molecule has 1 aromatic carbocycles. The van der Waals surface area contributed by atoms with Gasteiger partial charge in [0, 0.05) is 18.5 Å². The molecule has 2 nitrogen and oxygen atoms in total. The molecule has 0 saturated carbocycles. The van der Waals surface area contributed by atoms with E-state index in [1.54, 1.807) is 0 Å². The van der Waals surface area contributed by atoms with Gasteiger partial charge in [0.15, 0.2) is 5.78 Å². The molecule has 0 spiro atoms. The number of carbonyl (C=O) groups is 1. The van der Waals surface area contributed by atoms with Crippen molar-refractivity contribution < 1.29 is 4.79 Å². The van der Waals surface area contributed by atoms with Crippen LogP contribution in [0.3, 0.4) is 0 Å². The fourth-order valence-electron chi connectivity index (χ4n) is 2.29. The molecule has 0 aliphatic heterocycles. The topological polar surface area (TPSA) is 29.1 Å². The molecule has 0 radical (unpaired) electrons. The summed E-state index contributed by atoms with van der Waals surface area (Å²) in [6, 6.07) is 6.23. The van der Waals surface area contributed by atoms with Crippen molar-refractivity contribution in [2.75, 3.05) is 13.6 Å². The average Bonchev–Trinajstić information content (AvgIpc) is 2.35. The Morgan fingerprint density at radius 2 is 2.00 bits per heavy atom. The number of hydrogen-bond acceptors (Lipinski definition) is 2. The van der Waals surface area contributed by atoms with Crippen molar-refractivity contribution in [1.82, 2.24) is 5.32 Å². The van der Waals surface area contributed by atoms with Gasteiger partial charge in [0.1, 0.15) is 0 Å². The summed E-state index contributed by atoms with van der Waals surface area (Å²) in [4.78, 5) is 11.8. The van der Waals surface area contributed by atoms with Crippen LogP contribution in [-0.2, 0) is 12.8 Å². The van der Waals surface area contributed by atoms with Gasteiger partial charge in [-0.15, -0.1) is 0 Å². The molecular weight excluding hydrogens is 198 g/mol. The quantitative estimate of drug-likeness (QED) is 0.784. The number of rotatable bonds is 4. The first-order valence-electron chi connectivity index (χ1n) is 6.11. The lowest BCUT2D eigenvalue weighted by atomic mass is 9.89. The van der Waals surface area contributed by atoms with E-state index in [2.05, 4.69) is 17.4 Å². The van der Waals surface area contributed by atoms with E-state index >= 15 is 0 Å². The summed E-state index contributed by atoms with van der Waals surface area (Å²) in [7, 11) is 1.88. The molecule has 0 saturated heterocycles. The van der Waals surface area contributed by atoms with Gasteiger partial charge in [-0.1, -0.05) is 12.1 Å². The van der Waals surface area contributed by atoms with Gasteiger partial charge in [0.2, 0.25) is 0 Å². The second-order valence-corrected chi connectivity index (χ2v) is 4.47. The van der Waals surface area contributed by atoms with Crippen molar-refractivity contribution in [3.05, 3.63) is 34.9 Å². The molecule has 0 amide bonds. The van der Waals surface area contributed by atoms with Gasteiger partial charge in [-0.3, -0.25) is 4.79 Å². The van der Waals surface area contributed by atoms with Gasteiger partial charge in [-0.05, 0) is 49.9 Å². The lowest BCUT2D eigenvalue weighted by Crippen LogP contribution is -2.13. The van der Waals surface area contributed by atoms with Crippen molar-refractivity contribution in [3.8, 4) is 0 Å². The Morgan fingerprint density at radius 1 is 1.25 bits per heavy atom. The van der Waals surface area contributed by atoms with Gasteiger partial charge in [0.25, 0.3) is 0 Å². The predicted molar refractivity (Wildman–Crippen MR) is 66.0 cm³/mol. The van der Waals surface area contributed by atoms with Crippen LogP contribution in [-0.4, -0.2) is 19.4 Å². The van der Waals surface area contributed by atoms with Crippen LogP contribution in [0.15, 0.2) is 18.2 Å². The Morgan fingerprint density at radius 3 is 2.75 bits per heavy atom. The molecule has 1 N–H and O–H groups in total. The van der Waals surface area contributed by atoms with Crippen LogP contribution >= 0.6 is 0 Å². The maximum atomic E-state index is 11.8. The smallest absolute Gasteiger partial charge is 0.164 e. The molecule has 0 atom stereocenters. The summed E-state index contributed by atoms with van der Waals surface area (Å²) in [5, 5.41) is 3.01. The predicted octanol–water partition coefficient (Wildman–Crippen LogP) is 2.36. The number of Topliss-reactive ketones (excluding diaryl/α,β-unsaturated/α-hetero) is 1. The first-order chi connectivity index (χ1) is 7.81. The summed E-state index contributed by atoms with van der Waals surface area (Å²) >= 11 is 0. The first kappa shape index (κ1) is 11.3. The normalized spacial score (nSPS) is 14.6. The van der Waals surface area contributed by atoms with Gasteiger partial charge >= 0.3 is 0 Å². The molecule has 2 rings (SSSR count). The highest BCUT2D eigenvalue weighted by molar-refractivity contribution is 5.96. The van der Waals surface area contributed by atoms with E-state index in [0.717, 1.165) is 18.5 Å². The number of fused-ring (bicyclic) bond motifs is 1. The third-order valence-corrected chi connectivity index (χ3v) is 3.27. The van der Waals surface area contributed by atoms with Crippen molar-refractivity contribution in [2.24, 2.45) is 0 Å². The molecule has 0 unspecified atom stereocenters. The second-order valence-electron chi connectivity index (χ2n) is 4.47. The Bertz CT molecular complexity index is 384. The maximum Gasteiger partial charge on any atom is 0.164 e. The number of benzene rings is 1. The summed E-state index contributed by atoms with van der Waals surface area (Å²) < 4.78 is 0. The largest absolute Gasteiger partial charge is 0.319 e. The van der Waals surface area contributed by atoms with Crippen LogP contribution in [0.2, 0.25) is 0 Å². The van der Waals surface area contributed by atoms with Gasteiger partial charge in [-0.25, -0.2) is 0 Å². The van der Waals surface area contributed by atoms with Crippen molar-refractivity contribution in [3.63, 3.8) is 0 Å². The number of aryl methyl sites for hydroxylation is 2. The lowest BCUT2D eigenvalue weighted by molar-refractivity contribution is 0.0983. The second kappa shape index (κ2) is 5.26. The van der Waals surface area contributed by atoms with Crippen LogP contribution < -0.4 is 5.32 Å². The molecule has 1 aromatic rings. The van der Waals surface area contributed by atoms with Crippen LogP contribution in [0.4, 0.5) is 0 Å². The highest BCUT2D eigenvalue weighted by Gasteiger charge is 2.12. The van der Waals surface area contributed by atoms with E-state index in [9.17, 15) is 4.79 Å². The lowest BCUT2D eigenvalue weighted by Gasteiger charge is -2.16. The minimum atomic E-state index is 0.253. The zero-order chi connectivity index (χ0) is 11.4. The van der Waals surface area contributed by atoms with Crippen LogP contribution in [0.1, 0.15) is 40.7 Å². The fraction of sp³-hybridized carbons (Fsp3) is 0.500. The molecular formula is C14H19NO. The fourth-order valence-corrected chi connectivity index (χ4v) is 2.29. The summed E-state index contributed by atoms with van der Waals surface area (Å²) in [6.07, 6.45) is 5.47. The zero-order valence-electron chi connectivity index (χ0n) is 9.88. The molecule has 0 heterocycles. The maximum absolute atomic E-state index is 11.8. The Labute approximate surface area is 97.1 Å². The number of nitrogens with one attached hydrogen (secondary N) is 1. The van der Waals surface area contributed by atoms with Gasteiger partial charge in [-0.2, -0.15) is 0 Å². The summed E-state index contributed by atoms with van der Waals surface area (Å²) in [5.74, 6) is 0.253. The van der Waals surface area contributed by atoms with Gasteiger partial charge in [0.05, 0.1) is 0 Å². The third kappa shape index (κ3) is 2.50. The SMILES string of the molecule is CNCCC(=O)c1ccc2c(c1)CCCC2. The van der Waals surface area contributed by atoms with Crippen LogP contribution in [0, 0.1) is 0 Å². The monoisotopic (exact) mass is 217 g/mol. The molecule has 86 valence electrons. The molecule has 0 aromatic heterocycles. The van der Waals surface area contributed by atoms with E-state index in [1.165, 1.54) is 30.4 Å². The molecule has 0 fully saturated rings. The Balaban J connectivity index is 2.13. The van der Waals surface area contributed by atoms with E-state index in [0.29, 0.717) is 6.42 Å². The number of ketones is 1. The van der Waals surface area contributed by atoms with Crippen molar-refractivity contribution in [2.45, 2.75) is 32.1 Å². The van der Waals surface area contributed by atoms with Crippen LogP contribution in [0.5, 0.6) is 0 Å². The molecule has 0 bridgehead atoms. The van der Waals surface area contributed by atoms with E-state index in [4.69, 9.17) is 0 Å². The zero-order valence-corrected chi connectivity index (χ0v) is 9.88. The van der Waals surface area contributed by atoms with Crippen molar-refractivity contribution >= 4 is 5.78 Å². The number of carbonyl (C=O) groups excluding carboxylic acids is 1. The van der Waals surface area contributed by atoms with E-state index in [-0.39, 0.29) is 5.78 Å². The van der Waals surface area contributed by atoms with Crippen LogP contribution in [0.25, 0.3) is 0 Å². The Kier molecular flexibility index (Phi) is 3.73. The highest BCUT2D eigenvalue weighted by atomic mass is 16.1. The first-order valence-corrected chi connectivity index (χ1v) is 6.11. The standard InChI is InChI=1S/C14H19NO/c1-15-9-8-14(16)13-7-6-11-4-2-3-5-12(11)10-13/h6-7,10,15H,2-5,8-9H2,1H3. The van der Waals surface area contributed by atoms with Gasteiger partial charge < -0.3 is 5.32 Å². The third-order valence-electron chi connectivity index (χ3n) is 3.27. The molecule has 1 aliphatic carbocycles. The van der Waals surface area contributed by atoms with E-state index < -0.39 is 0 Å². The minimum absolute atomic E-state index is 0.253. The summed E-state index contributed by atoms with van der Waals surface area (Å²) in [6.45, 7) is 0.760. The average molecular weight is 217 g/mol.